The van der Waals surface area contributed by atoms with Crippen LogP contribution in [0.25, 0.3) is 0 Å². The van der Waals surface area contributed by atoms with E-state index in [0.29, 0.717) is 23.1 Å². The van der Waals surface area contributed by atoms with Gasteiger partial charge < -0.3 is 9.80 Å². The van der Waals surface area contributed by atoms with E-state index in [1.165, 1.54) is 19.3 Å². The molecule has 1 N–H and O–H groups in total. The van der Waals surface area contributed by atoms with Gasteiger partial charge in [-0.05, 0) is 37.5 Å². The second kappa shape index (κ2) is 9.55. The lowest BCUT2D eigenvalue weighted by molar-refractivity contribution is -0.139. The van der Waals surface area contributed by atoms with E-state index in [1.54, 1.807) is 12.1 Å². The van der Waals surface area contributed by atoms with Crippen molar-refractivity contribution in [3.8, 4) is 0 Å². The van der Waals surface area contributed by atoms with Gasteiger partial charge in [0, 0.05) is 63.3 Å². The Bertz CT molecular complexity index is 1150. The molecule has 6 rings (SSSR count). The first-order valence-corrected chi connectivity index (χ1v) is 13.5. The van der Waals surface area contributed by atoms with Crippen LogP contribution < -0.4 is 10.2 Å². The highest BCUT2D eigenvalue weighted by molar-refractivity contribution is 6.23. The zero-order valence-corrected chi connectivity index (χ0v) is 21.0. The van der Waals surface area contributed by atoms with Crippen LogP contribution in [0.3, 0.4) is 0 Å². The molecule has 1 atom stereocenters. The first-order valence-electron chi connectivity index (χ1n) is 13.5. The number of imide groups is 2. The Morgan fingerprint density at radius 2 is 1.54 bits per heavy atom. The Morgan fingerprint density at radius 3 is 2.24 bits per heavy atom. The predicted octanol–water partition coefficient (Wildman–Crippen LogP) is 1.00. The van der Waals surface area contributed by atoms with Crippen LogP contribution in [0.5, 0.6) is 0 Å². The zero-order chi connectivity index (χ0) is 25.7. The van der Waals surface area contributed by atoms with Crippen LogP contribution in [0.2, 0.25) is 0 Å². The topological polar surface area (TPSA) is 110 Å². The van der Waals surface area contributed by atoms with E-state index in [0.717, 1.165) is 62.7 Å². The van der Waals surface area contributed by atoms with Crippen LogP contribution in [-0.2, 0) is 14.4 Å². The molecule has 0 spiro atoms. The number of piperidine rings is 1. The minimum atomic E-state index is -0.953. The summed E-state index contributed by atoms with van der Waals surface area (Å²) in [5, 5.41) is 2.22. The summed E-state index contributed by atoms with van der Waals surface area (Å²) in [6.45, 7) is 5.00. The Morgan fingerprint density at radius 1 is 0.838 bits per heavy atom. The molecule has 10 heteroatoms. The fourth-order valence-electron chi connectivity index (χ4n) is 6.47. The van der Waals surface area contributed by atoms with Crippen molar-refractivity contribution in [2.75, 3.05) is 44.2 Å². The third-order valence-corrected chi connectivity index (χ3v) is 8.75. The maximum atomic E-state index is 13.1. The summed E-state index contributed by atoms with van der Waals surface area (Å²) >= 11 is 0. The number of hydrogen-bond acceptors (Lipinski definition) is 7. The van der Waals surface area contributed by atoms with Crippen molar-refractivity contribution in [3.05, 3.63) is 29.3 Å². The number of hydrogen-bond donors (Lipinski definition) is 1. The van der Waals surface area contributed by atoms with Gasteiger partial charge in [0.1, 0.15) is 6.04 Å². The van der Waals surface area contributed by atoms with Crippen LogP contribution in [0.1, 0.15) is 65.7 Å². The molecule has 10 nitrogen and oxygen atoms in total. The highest BCUT2D eigenvalue weighted by Crippen LogP contribution is 2.33. The number of fused-ring (bicyclic) bond motifs is 1. The van der Waals surface area contributed by atoms with Crippen LogP contribution >= 0.6 is 0 Å². The number of piperazine rings is 1. The Hall–Kier alpha value is -3.27. The van der Waals surface area contributed by atoms with E-state index in [9.17, 15) is 24.0 Å². The van der Waals surface area contributed by atoms with Gasteiger partial charge in [0.15, 0.2) is 0 Å². The molecule has 5 aliphatic rings. The van der Waals surface area contributed by atoms with Crippen molar-refractivity contribution < 1.29 is 24.0 Å². The van der Waals surface area contributed by atoms with Crippen LogP contribution in [-0.4, -0.2) is 95.6 Å². The molecule has 4 aliphatic heterocycles. The Labute approximate surface area is 215 Å². The number of rotatable bonds is 4. The van der Waals surface area contributed by atoms with Crippen LogP contribution in [0, 0.1) is 5.92 Å². The number of carbonyl (C=O) groups excluding carboxylic acids is 5. The van der Waals surface area contributed by atoms with Gasteiger partial charge in [-0.2, -0.15) is 0 Å². The Kier molecular flexibility index (Phi) is 6.22. The zero-order valence-electron chi connectivity index (χ0n) is 21.0. The third kappa shape index (κ3) is 4.31. The highest BCUT2D eigenvalue weighted by Gasteiger charge is 2.45. The lowest BCUT2D eigenvalue weighted by Crippen LogP contribution is -2.63. The standard InChI is InChI=1S/C27H33N5O5/c33-23-9-8-22(24(34)28-23)32-26(36)20-7-6-18(14-21(20)27(32)37)31-15-19(16-31)29-10-12-30(13-11-29)25(35)17-4-2-1-3-5-17/h6-7,14,17,19,22H,1-5,8-13,15-16H2,(H,28,33,34). The first kappa shape index (κ1) is 24.1. The van der Waals surface area contributed by atoms with E-state index < -0.39 is 23.8 Å². The monoisotopic (exact) mass is 507 g/mol. The summed E-state index contributed by atoms with van der Waals surface area (Å²) < 4.78 is 0. The smallest absolute Gasteiger partial charge is 0.262 e. The van der Waals surface area contributed by atoms with Gasteiger partial charge >= 0.3 is 0 Å². The summed E-state index contributed by atoms with van der Waals surface area (Å²) in [5.74, 6) is -1.38. The molecule has 1 aromatic rings. The van der Waals surface area contributed by atoms with E-state index in [1.807, 2.05) is 6.07 Å². The van der Waals surface area contributed by atoms with Crippen LogP contribution in [0.15, 0.2) is 18.2 Å². The lowest BCUT2D eigenvalue weighted by atomic mass is 9.88. The SMILES string of the molecule is O=C1CCC(N2C(=O)c3ccc(N4CC(N5CCN(C(=O)C6CCCCC6)CC5)C4)cc3C2=O)C(=O)N1. The largest absolute Gasteiger partial charge is 0.368 e. The molecule has 0 aromatic heterocycles. The number of amides is 5. The van der Waals surface area contributed by atoms with Crippen molar-refractivity contribution in [1.82, 2.24) is 20.0 Å². The number of nitrogens with zero attached hydrogens (tertiary/aromatic N) is 4. The summed E-state index contributed by atoms with van der Waals surface area (Å²) in [7, 11) is 0. The molecule has 4 fully saturated rings. The third-order valence-electron chi connectivity index (χ3n) is 8.75. The molecule has 5 amide bonds. The number of anilines is 1. The fraction of sp³-hybridized carbons (Fsp3) is 0.593. The molecule has 1 aliphatic carbocycles. The predicted molar refractivity (Wildman–Crippen MR) is 134 cm³/mol. The van der Waals surface area contributed by atoms with Crippen molar-refractivity contribution in [2.45, 2.75) is 57.0 Å². The molecule has 0 bridgehead atoms. The van der Waals surface area contributed by atoms with Gasteiger partial charge in [-0.1, -0.05) is 19.3 Å². The quantitative estimate of drug-likeness (QED) is 0.606. The average molecular weight is 508 g/mol. The van der Waals surface area contributed by atoms with Gasteiger partial charge in [0.05, 0.1) is 11.1 Å². The first-order chi connectivity index (χ1) is 17.9. The van der Waals surface area contributed by atoms with Gasteiger partial charge in [-0.15, -0.1) is 0 Å². The minimum Gasteiger partial charge on any atom is -0.368 e. The molecule has 1 unspecified atom stereocenters. The normalized spacial score (nSPS) is 25.8. The second-order valence-corrected chi connectivity index (χ2v) is 10.9. The van der Waals surface area contributed by atoms with Crippen molar-refractivity contribution >= 4 is 35.2 Å². The molecule has 1 saturated carbocycles. The van der Waals surface area contributed by atoms with E-state index >= 15 is 0 Å². The van der Waals surface area contributed by atoms with Crippen molar-refractivity contribution in [1.29, 1.82) is 0 Å². The highest BCUT2D eigenvalue weighted by atomic mass is 16.2. The lowest BCUT2D eigenvalue weighted by Gasteiger charge is -2.49. The molecule has 0 radical (unpaired) electrons. The molecule has 1 aromatic carbocycles. The molecule has 37 heavy (non-hydrogen) atoms. The van der Waals surface area contributed by atoms with E-state index in [2.05, 4.69) is 20.0 Å². The summed E-state index contributed by atoms with van der Waals surface area (Å²) in [5.41, 5.74) is 1.49. The number of benzene rings is 1. The number of carbonyl (C=O) groups is 5. The van der Waals surface area contributed by atoms with Crippen LogP contribution in [0.4, 0.5) is 5.69 Å². The van der Waals surface area contributed by atoms with Crippen molar-refractivity contribution in [3.63, 3.8) is 0 Å². The summed E-state index contributed by atoms with van der Waals surface area (Å²) in [6, 6.07) is 4.72. The van der Waals surface area contributed by atoms with E-state index in [-0.39, 0.29) is 24.7 Å². The molecule has 4 heterocycles. The fourth-order valence-corrected chi connectivity index (χ4v) is 6.47. The maximum Gasteiger partial charge on any atom is 0.262 e. The second-order valence-electron chi connectivity index (χ2n) is 10.9. The molecule has 3 saturated heterocycles. The van der Waals surface area contributed by atoms with Crippen molar-refractivity contribution in [2.24, 2.45) is 5.92 Å². The van der Waals surface area contributed by atoms with Gasteiger partial charge in [-0.25, -0.2) is 0 Å². The summed E-state index contributed by atoms with van der Waals surface area (Å²) in [4.78, 5) is 70.3. The minimum absolute atomic E-state index is 0.104. The average Bonchev–Trinajstić information content (AvgIpc) is 3.13. The van der Waals surface area contributed by atoms with Gasteiger partial charge in [0.25, 0.3) is 11.8 Å². The van der Waals surface area contributed by atoms with Gasteiger partial charge in [0.2, 0.25) is 17.7 Å². The Balaban J connectivity index is 1.04. The number of nitrogens with one attached hydrogen (secondary N) is 1. The molecular formula is C27H33N5O5. The molecule has 196 valence electrons. The maximum absolute atomic E-state index is 13.1. The summed E-state index contributed by atoms with van der Waals surface area (Å²) in [6.07, 6.45) is 5.93. The van der Waals surface area contributed by atoms with Gasteiger partial charge in [-0.3, -0.25) is 39.1 Å². The molecular weight excluding hydrogens is 474 g/mol. The van der Waals surface area contributed by atoms with E-state index in [4.69, 9.17) is 0 Å².